The average molecular weight is 577 g/mol. The monoisotopic (exact) mass is 575 g/mol. The molecule has 0 fully saturated rings. The summed E-state index contributed by atoms with van der Waals surface area (Å²) in [7, 11) is 1.64. The molecular weight excluding hydrogens is 553 g/mol. The van der Waals surface area contributed by atoms with Crippen LogP contribution in [0.3, 0.4) is 0 Å². The van der Waals surface area contributed by atoms with Crippen LogP contribution < -0.4 is 15.4 Å². The Morgan fingerprint density at radius 2 is 1.86 bits per heavy atom. The van der Waals surface area contributed by atoms with Crippen LogP contribution >= 0.6 is 46.6 Å². The Hall–Kier alpha value is -2.91. The van der Waals surface area contributed by atoms with Crippen LogP contribution in [0.15, 0.2) is 65.8 Å². The van der Waals surface area contributed by atoms with E-state index in [0.29, 0.717) is 32.5 Å². The number of nitrogens with one attached hydrogen (secondary N) is 2. The minimum atomic E-state index is -0.505. The predicted octanol–water partition coefficient (Wildman–Crippen LogP) is 7.72. The van der Waals surface area contributed by atoms with Crippen molar-refractivity contribution < 1.29 is 9.53 Å². The van der Waals surface area contributed by atoms with Crippen molar-refractivity contribution in [3.05, 3.63) is 92.7 Å². The number of halogens is 3. The number of hydrogen-bond acceptors (Lipinski definition) is 5. The van der Waals surface area contributed by atoms with E-state index < -0.39 is 12.1 Å². The minimum absolute atomic E-state index is 0.265. The van der Waals surface area contributed by atoms with Gasteiger partial charge in [-0.15, -0.1) is 10.2 Å². The normalized spacial score (nSPS) is 11.7. The van der Waals surface area contributed by atoms with Gasteiger partial charge in [-0.25, -0.2) is 4.79 Å². The Balaban J connectivity index is 1.62. The first kappa shape index (κ1) is 27.1. The van der Waals surface area contributed by atoms with Crippen LogP contribution in [0.2, 0.25) is 15.1 Å². The second kappa shape index (κ2) is 12.1. The molecule has 0 aliphatic heterocycles. The summed E-state index contributed by atoms with van der Waals surface area (Å²) < 4.78 is 7.26. The number of carbonyl (C=O) groups is 1. The van der Waals surface area contributed by atoms with Gasteiger partial charge in [0.1, 0.15) is 5.75 Å². The van der Waals surface area contributed by atoms with Gasteiger partial charge < -0.3 is 15.4 Å². The van der Waals surface area contributed by atoms with Gasteiger partial charge in [0.25, 0.3) is 0 Å². The van der Waals surface area contributed by atoms with Crippen molar-refractivity contribution in [2.75, 3.05) is 12.4 Å². The van der Waals surface area contributed by atoms with Gasteiger partial charge in [0.15, 0.2) is 11.0 Å². The number of aryl methyl sites for hydroxylation is 1. The molecule has 0 radical (unpaired) electrons. The number of methoxy groups -OCH3 is 1. The molecule has 2 N–H and O–H groups in total. The first-order valence-corrected chi connectivity index (χ1v) is 13.4. The second-order valence-electron chi connectivity index (χ2n) is 8.17. The van der Waals surface area contributed by atoms with Crippen molar-refractivity contribution in [1.82, 2.24) is 20.1 Å². The summed E-state index contributed by atoms with van der Waals surface area (Å²) in [5.74, 6) is 1.98. The van der Waals surface area contributed by atoms with Gasteiger partial charge in [-0.3, -0.25) is 4.57 Å². The molecule has 37 heavy (non-hydrogen) atoms. The lowest BCUT2D eigenvalue weighted by Crippen LogP contribution is -2.32. The molecule has 1 aromatic heterocycles. The number of ether oxygens (including phenoxy) is 1. The number of thioether (sulfide) groups is 1. The van der Waals surface area contributed by atoms with Crippen molar-refractivity contribution in [2.45, 2.75) is 30.8 Å². The van der Waals surface area contributed by atoms with Gasteiger partial charge >= 0.3 is 6.03 Å². The molecule has 0 saturated heterocycles. The molecule has 4 aromatic rings. The van der Waals surface area contributed by atoms with E-state index in [1.54, 1.807) is 25.3 Å². The summed E-state index contributed by atoms with van der Waals surface area (Å²) in [5.41, 5.74) is 3.29. The van der Waals surface area contributed by atoms with E-state index in [4.69, 9.17) is 39.5 Å². The molecule has 0 aliphatic rings. The number of amides is 2. The fraction of sp³-hybridized carbons (Fsp3) is 0.192. The number of anilines is 1. The summed E-state index contributed by atoms with van der Waals surface area (Å²) in [6.45, 7) is 3.81. The third-order valence-electron chi connectivity index (χ3n) is 5.51. The summed E-state index contributed by atoms with van der Waals surface area (Å²) in [5, 5.41) is 16.4. The van der Waals surface area contributed by atoms with E-state index in [9.17, 15) is 4.79 Å². The molecule has 3 aromatic carbocycles. The van der Waals surface area contributed by atoms with Gasteiger partial charge in [-0.2, -0.15) is 0 Å². The van der Waals surface area contributed by atoms with Gasteiger partial charge in [0.05, 0.1) is 34.6 Å². The van der Waals surface area contributed by atoms with Gasteiger partial charge in [0, 0.05) is 10.8 Å². The number of carbonyl (C=O) groups excluding carboxylic acids is 1. The molecule has 0 aliphatic carbocycles. The molecule has 2 amide bonds. The van der Waals surface area contributed by atoms with Crippen molar-refractivity contribution in [2.24, 2.45) is 0 Å². The number of hydrogen-bond donors (Lipinski definition) is 2. The zero-order valence-electron chi connectivity index (χ0n) is 20.3. The number of nitrogens with zero attached hydrogens (tertiary/aromatic N) is 3. The molecule has 1 atom stereocenters. The van der Waals surface area contributed by atoms with E-state index in [1.165, 1.54) is 11.8 Å². The zero-order chi connectivity index (χ0) is 26.5. The smallest absolute Gasteiger partial charge is 0.319 e. The highest BCUT2D eigenvalue weighted by atomic mass is 35.5. The van der Waals surface area contributed by atoms with E-state index in [2.05, 4.69) is 20.8 Å². The van der Waals surface area contributed by atoms with E-state index in [0.717, 1.165) is 22.6 Å². The Kier molecular flexibility index (Phi) is 8.87. The summed E-state index contributed by atoms with van der Waals surface area (Å²) in [6, 6.07) is 17.5. The van der Waals surface area contributed by atoms with Gasteiger partial charge in [-0.05, 0) is 61.4 Å². The van der Waals surface area contributed by atoms with E-state index in [-0.39, 0.29) is 5.02 Å². The van der Waals surface area contributed by atoms with E-state index >= 15 is 0 Å². The van der Waals surface area contributed by atoms with Crippen LogP contribution in [0.25, 0.3) is 5.69 Å². The lowest BCUT2D eigenvalue weighted by Gasteiger charge is -2.18. The first-order valence-electron chi connectivity index (χ1n) is 11.3. The maximum Gasteiger partial charge on any atom is 0.319 e. The minimum Gasteiger partial charge on any atom is -0.497 e. The van der Waals surface area contributed by atoms with Gasteiger partial charge in [0.2, 0.25) is 0 Å². The standard InChI is InChI=1S/C26H24Cl3N5O2S/c1-15-10-11-18(27)13-22(15)34-24(16(2)30-25(35)31-21-9-5-8-20(28)23(21)29)32-33-26(34)37-14-17-6-4-7-19(12-17)36-3/h4-13,16H,14H2,1-3H3,(H2,30,31,35). The molecule has 4 rings (SSSR count). The molecular formula is C26H24Cl3N5O2S. The molecule has 192 valence electrons. The quantitative estimate of drug-likeness (QED) is 0.210. The highest BCUT2D eigenvalue weighted by Crippen LogP contribution is 2.32. The second-order valence-corrected chi connectivity index (χ2v) is 10.3. The topological polar surface area (TPSA) is 81.1 Å². The number of urea groups is 1. The maximum atomic E-state index is 12.8. The Labute approximate surface area is 234 Å². The summed E-state index contributed by atoms with van der Waals surface area (Å²) in [4.78, 5) is 12.8. The lowest BCUT2D eigenvalue weighted by molar-refractivity contribution is 0.249. The van der Waals surface area contributed by atoms with Crippen LogP contribution in [0.1, 0.15) is 29.9 Å². The first-order chi connectivity index (χ1) is 17.8. The van der Waals surface area contributed by atoms with Crippen LogP contribution in [0, 0.1) is 6.92 Å². The average Bonchev–Trinajstić information content (AvgIpc) is 3.31. The largest absolute Gasteiger partial charge is 0.497 e. The Morgan fingerprint density at radius 1 is 1.08 bits per heavy atom. The zero-order valence-corrected chi connectivity index (χ0v) is 23.3. The fourth-order valence-corrected chi connectivity index (χ4v) is 5.04. The lowest BCUT2D eigenvalue weighted by atomic mass is 10.2. The third-order valence-corrected chi connectivity index (χ3v) is 7.56. The number of aromatic nitrogens is 3. The Bertz CT molecular complexity index is 1430. The van der Waals surface area contributed by atoms with Crippen molar-refractivity contribution >= 4 is 58.3 Å². The molecule has 1 unspecified atom stereocenters. The maximum absolute atomic E-state index is 12.8. The van der Waals surface area contributed by atoms with Crippen molar-refractivity contribution in [3.63, 3.8) is 0 Å². The van der Waals surface area contributed by atoms with Crippen molar-refractivity contribution in [3.8, 4) is 11.4 Å². The van der Waals surface area contributed by atoms with Crippen LogP contribution in [0.4, 0.5) is 10.5 Å². The molecule has 11 heteroatoms. The molecule has 0 bridgehead atoms. The van der Waals surface area contributed by atoms with E-state index in [1.807, 2.05) is 60.9 Å². The SMILES string of the molecule is COc1cccc(CSc2nnc(C(C)NC(=O)Nc3cccc(Cl)c3Cl)n2-c2cc(Cl)ccc2C)c1. The number of benzene rings is 3. The number of rotatable bonds is 8. The van der Waals surface area contributed by atoms with Crippen LogP contribution in [0.5, 0.6) is 5.75 Å². The molecule has 0 saturated carbocycles. The highest BCUT2D eigenvalue weighted by molar-refractivity contribution is 7.98. The molecule has 0 spiro atoms. The van der Waals surface area contributed by atoms with Crippen LogP contribution in [-0.4, -0.2) is 27.9 Å². The van der Waals surface area contributed by atoms with Crippen molar-refractivity contribution in [1.29, 1.82) is 0 Å². The summed E-state index contributed by atoms with van der Waals surface area (Å²) >= 11 is 20.1. The third kappa shape index (κ3) is 6.51. The fourth-order valence-electron chi connectivity index (χ4n) is 3.64. The summed E-state index contributed by atoms with van der Waals surface area (Å²) in [6.07, 6.45) is 0. The molecule has 7 nitrogen and oxygen atoms in total. The predicted molar refractivity (Wildman–Crippen MR) is 151 cm³/mol. The highest BCUT2D eigenvalue weighted by Gasteiger charge is 2.23. The molecule has 1 heterocycles. The van der Waals surface area contributed by atoms with Gasteiger partial charge in [-0.1, -0.05) is 70.8 Å². The van der Waals surface area contributed by atoms with Crippen LogP contribution in [-0.2, 0) is 5.75 Å². The Morgan fingerprint density at radius 3 is 2.65 bits per heavy atom.